The Morgan fingerprint density at radius 3 is 1.52 bits per heavy atom. The highest BCUT2D eigenvalue weighted by Gasteiger charge is 2.14. The molecule has 27 heavy (non-hydrogen) atoms. The van der Waals surface area contributed by atoms with Crippen LogP contribution in [0.15, 0.2) is 0 Å². The van der Waals surface area contributed by atoms with E-state index >= 15 is 0 Å². The van der Waals surface area contributed by atoms with Gasteiger partial charge in [-0.2, -0.15) is 0 Å². The number of aliphatic carboxylic acids is 1. The highest BCUT2D eigenvalue weighted by Crippen LogP contribution is 2.13. The highest BCUT2D eigenvalue weighted by atomic mass is 16.4. The molecule has 0 saturated carbocycles. The molecule has 0 aliphatic carbocycles. The van der Waals surface area contributed by atoms with Crippen molar-refractivity contribution in [3.05, 3.63) is 0 Å². The lowest BCUT2D eigenvalue weighted by Gasteiger charge is -2.29. The third kappa shape index (κ3) is 16.8. The monoisotopic (exact) mass is 383 g/mol. The number of carbonyl (C=O) groups is 2. The average Bonchev–Trinajstić information content (AvgIpc) is 2.62. The van der Waals surface area contributed by atoms with Gasteiger partial charge in [0.2, 0.25) is 5.91 Å². The van der Waals surface area contributed by atoms with Crippen LogP contribution in [-0.4, -0.2) is 42.5 Å². The maximum atomic E-state index is 12.3. The molecule has 5 nitrogen and oxygen atoms in total. The zero-order valence-corrected chi connectivity index (χ0v) is 18.1. The third-order valence-corrected chi connectivity index (χ3v) is 5.02. The van der Waals surface area contributed by atoms with E-state index in [1.54, 1.807) is 10.0 Å². The minimum atomic E-state index is -1.06. The minimum absolute atomic E-state index is 0.00361. The Kier molecular flexibility index (Phi) is 17.5. The molecule has 0 aromatic rings. The lowest BCUT2D eigenvalue weighted by molar-refractivity contribution is -0.305. The van der Waals surface area contributed by atoms with E-state index in [0.717, 1.165) is 12.8 Å². The molecule has 0 aliphatic rings. The largest absolute Gasteiger partial charge is 0.550 e. The van der Waals surface area contributed by atoms with Crippen LogP contribution >= 0.6 is 0 Å². The second-order valence-electron chi connectivity index (χ2n) is 7.83. The van der Waals surface area contributed by atoms with E-state index in [9.17, 15) is 14.7 Å². The van der Waals surface area contributed by atoms with Crippen molar-refractivity contribution in [3.8, 4) is 0 Å². The normalized spacial score (nSPS) is 11.1. The second kappa shape index (κ2) is 18.3. The molecule has 0 N–H and O–H groups in total. The zero-order valence-electron chi connectivity index (χ0n) is 18.1. The topological polar surface area (TPSA) is 63.7 Å². The molecular formula is C22H43N2O3-. The third-order valence-electron chi connectivity index (χ3n) is 5.02. The van der Waals surface area contributed by atoms with Gasteiger partial charge in [-0.05, 0) is 19.3 Å². The van der Waals surface area contributed by atoms with Crippen LogP contribution < -0.4 is 5.11 Å². The minimum Gasteiger partial charge on any atom is -0.550 e. The quantitative estimate of drug-likeness (QED) is 0.246. The van der Waals surface area contributed by atoms with Crippen LogP contribution in [0.25, 0.3) is 0 Å². The number of hydrazine groups is 1. The first-order chi connectivity index (χ1) is 13.0. The highest BCUT2D eigenvalue weighted by molar-refractivity contribution is 5.75. The van der Waals surface area contributed by atoms with Gasteiger partial charge in [-0.15, -0.1) is 0 Å². The molecule has 0 bridgehead atoms. The first-order valence-electron chi connectivity index (χ1n) is 11.2. The Hall–Kier alpha value is -1.10. The Morgan fingerprint density at radius 2 is 1.11 bits per heavy atom. The van der Waals surface area contributed by atoms with E-state index in [0.29, 0.717) is 19.4 Å². The van der Waals surface area contributed by atoms with Crippen molar-refractivity contribution in [1.29, 1.82) is 0 Å². The number of rotatable bonds is 19. The molecule has 1 amide bonds. The van der Waals surface area contributed by atoms with Crippen LogP contribution in [0, 0.1) is 0 Å². The van der Waals surface area contributed by atoms with Crippen LogP contribution in [0.4, 0.5) is 0 Å². The fraction of sp³-hybridized carbons (Fsp3) is 0.909. The van der Waals surface area contributed by atoms with E-state index in [1.807, 2.05) is 14.1 Å². The molecule has 0 spiro atoms. The van der Waals surface area contributed by atoms with Gasteiger partial charge < -0.3 is 9.90 Å². The second-order valence-corrected chi connectivity index (χ2v) is 7.83. The molecule has 5 heteroatoms. The smallest absolute Gasteiger partial charge is 0.236 e. The Morgan fingerprint density at radius 1 is 0.667 bits per heavy atom. The van der Waals surface area contributed by atoms with Crippen molar-refractivity contribution >= 4 is 11.9 Å². The van der Waals surface area contributed by atoms with E-state index in [4.69, 9.17) is 0 Å². The summed E-state index contributed by atoms with van der Waals surface area (Å²) in [5.41, 5.74) is 0. The van der Waals surface area contributed by atoms with Gasteiger partial charge in [0.05, 0.1) is 0 Å². The summed E-state index contributed by atoms with van der Waals surface area (Å²) in [5.74, 6) is -0.973. The summed E-state index contributed by atoms with van der Waals surface area (Å²) in [7, 11) is 3.64. The van der Waals surface area contributed by atoms with Crippen LogP contribution in [0.3, 0.4) is 0 Å². The van der Waals surface area contributed by atoms with E-state index < -0.39 is 5.97 Å². The average molecular weight is 384 g/mol. The number of nitrogens with zero attached hydrogens (tertiary/aromatic N) is 2. The molecule has 0 heterocycles. The fourth-order valence-electron chi connectivity index (χ4n) is 3.34. The van der Waals surface area contributed by atoms with Crippen LogP contribution in [0.1, 0.15) is 110 Å². The Bertz CT molecular complexity index is 373. The first-order valence-corrected chi connectivity index (χ1v) is 11.2. The van der Waals surface area contributed by atoms with Crippen LogP contribution in [0.5, 0.6) is 0 Å². The number of carboxylic acids is 1. The summed E-state index contributed by atoms with van der Waals surface area (Å²) in [4.78, 5) is 22.8. The zero-order chi connectivity index (χ0) is 20.3. The summed E-state index contributed by atoms with van der Waals surface area (Å²) >= 11 is 0. The van der Waals surface area contributed by atoms with E-state index in [1.165, 1.54) is 70.6 Å². The van der Waals surface area contributed by atoms with Crippen molar-refractivity contribution in [2.75, 3.05) is 20.6 Å². The maximum absolute atomic E-state index is 12.3. The number of amides is 1. The molecule has 0 rings (SSSR count). The number of unbranched alkanes of at least 4 members (excludes halogenated alkanes) is 12. The molecule has 0 aliphatic heterocycles. The van der Waals surface area contributed by atoms with Gasteiger partial charge in [0.25, 0.3) is 0 Å². The van der Waals surface area contributed by atoms with Gasteiger partial charge in [-0.3, -0.25) is 9.80 Å². The van der Waals surface area contributed by atoms with E-state index in [-0.39, 0.29) is 12.3 Å². The molecular weight excluding hydrogens is 340 g/mol. The molecule has 0 aromatic carbocycles. The van der Waals surface area contributed by atoms with Crippen molar-refractivity contribution in [1.82, 2.24) is 10.0 Å². The molecule has 0 unspecified atom stereocenters. The van der Waals surface area contributed by atoms with Gasteiger partial charge in [0, 0.05) is 33.0 Å². The van der Waals surface area contributed by atoms with Gasteiger partial charge in [-0.25, -0.2) is 5.01 Å². The molecule has 0 atom stereocenters. The predicted molar refractivity (Wildman–Crippen MR) is 110 cm³/mol. The molecule has 160 valence electrons. The summed E-state index contributed by atoms with van der Waals surface area (Å²) in [6, 6.07) is 0. The fourth-order valence-corrected chi connectivity index (χ4v) is 3.34. The van der Waals surface area contributed by atoms with E-state index in [2.05, 4.69) is 6.92 Å². The molecule has 0 aromatic heterocycles. The Labute approximate surface area is 167 Å². The van der Waals surface area contributed by atoms with Gasteiger partial charge >= 0.3 is 0 Å². The summed E-state index contributed by atoms with van der Waals surface area (Å²) in [6.45, 7) is 2.70. The van der Waals surface area contributed by atoms with Crippen molar-refractivity contribution in [3.63, 3.8) is 0 Å². The Balaban J connectivity index is 3.56. The predicted octanol–water partition coefficient (Wildman–Crippen LogP) is 4.30. The molecule has 0 radical (unpaired) electrons. The number of hydrogen-bond donors (Lipinski definition) is 0. The summed E-state index contributed by atoms with van der Waals surface area (Å²) < 4.78 is 0. The van der Waals surface area contributed by atoms with Gasteiger partial charge in [-0.1, -0.05) is 84.0 Å². The lowest BCUT2D eigenvalue weighted by Crippen LogP contribution is -2.42. The maximum Gasteiger partial charge on any atom is 0.236 e. The van der Waals surface area contributed by atoms with Gasteiger partial charge in [0.1, 0.15) is 0 Å². The first kappa shape index (κ1) is 25.9. The van der Waals surface area contributed by atoms with Crippen LogP contribution in [-0.2, 0) is 9.59 Å². The summed E-state index contributed by atoms with van der Waals surface area (Å²) in [5, 5.41) is 13.9. The molecule has 0 fully saturated rings. The van der Waals surface area contributed by atoms with Gasteiger partial charge in [0.15, 0.2) is 0 Å². The van der Waals surface area contributed by atoms with Crippen molar-refractivity contribution in [2.45, 2.75) is 110 Å². The number of carbonyl (C=O) groups excluding carboxylic acids is 2. The lowest BCUT2D eigenvalue weighted by atomic mass is 10.0. The van der Waals surface area contributed by atoms with Crippen LogP contribution in [0.2, 0.25) is 0 Å². The van der Waals surface area contributed by atoms with Crippen molar-refractivity contribution in [2.24, 2.45) is 0 Å². The molecule has 0 saturated heterocycles. The standard InChI is InChI=1S/C22H44N2O3/c1-4-5-6-7-8-9-10-11-12-13-14-15-16-18-21(25)24(23(2)3)20-17-19-22(26)27/h4-20H2,1-3H3,(H,26,27)/p-1. The van der Waals surface area contributed by atoms with Crippen molar-refractivity contribution < 1.29 is 14.7 Å². The summed E-state index contributed by atoms with van der Waals surface area (Å²) in [6.07, 6.45) is 17.8. The SMILES string of the molecule is CCCCCCCCCCCCCCCC(=O)N(CCCC(=O)[O-])N(C)C. The number of hydrogen-bond acceptors (Lipinski definition) is 4. The number of carboxylic acid groups (broad SMARTS) is 1.